The van der Waals surface area contributed by atoms with Crippen molar-refractivity contribution in [2.75, 3.05) is 5.32 Å². The minimum Gasteiger partial charge on any atom is -0.326 e. The highest BCUT2D eigenvalue weighted by molar-refractivity contribution is 6.33. The van der Waals surface area contributed by atoms with E-state index in [2.05, 4.69) is 11.4 Å². The summed E-state index contributed by atoms with van der Waals surface area (Å²) in [5.74, 6) is 1.29. The van der Waals surface area contributed by atoms with Crippen LogP contribution in [-0.4, -0.2) is 5.91 Å². The zero-order valence-electron chi connectivity index (χ0n) is 14.4. The van der Waals surface area contributed by atoms with Gasteiger partial charge in [0.1, 0.15) is 5.56 Å². The van der Waals surface area contributed by atoms with Gasteiger partial charge in [-0.25, -0.2) is 0 Å². The summed E-state index contributed by atoms with van der Waals surface area (Å²) in [7, 11) is 0. The second-order valence-corrected chi connectivity index (χ2v) is 7.76. The quantitative estimate of drug-likeness (QED) is 0.683. The summed E-state index contributed by atoms with van der Waals surface area (Å²) in [5, 5.41) is 3.00. The molecule has 0 spiro atoms. The number of carbonyl (C=O) groups is 1. The molecule has 4 rings (SSSR count). The summed E-state index contributed by atoms with van der Waals surface area (Å²) < 4.78 is 38.7. The number of carbonyl (C=O) groups excluding carboxylic acids is 1. The van der Waals surface area contributed by atoms with Crippen molar-refractivity contribution in [3.05, 3.63) is 53.1 Å². The lowest BCUT2D eigenvalue weighted by Gasteiger charge is -2.20. The van der Waals surface area contributed by atoms with E-state index < -0.39 is 11.7 Å². The van der Waals surface area contributed by atoms with Gasteiger partial charge in [0, 0.05) is 17.2 Å². The normalized spacial score (nSPS) is 23.9. The highest BCUT2D eigenvalue weighted by Gasteiger charge is 2.43. The third-order valence-corrected chi connectivity index (χ3v) is 5.97. The summed E-state index contributed by atoms with van der Waals surface area (Å²) >= 11 is 6.00. The van der Waals surface area contributed by atoms with E-state index in [4.69, 9.17) is 11.6 Å². The Labute approximate surface area is 160 Å². The summed E-state index contributed by atoms with van der Waals surface area (Å²) in [4.78, 5) is 12.5. The molecule has 6 heteroatoms. The van der Waals surface area contributed by atoms with E-state index in [0.29, 0.717) is 23.1 Å². The number of anilines is 1. The van der Waals surface area contributed by atoms with Gasteiger partial charge in [-0.05, 0) is 60.9 Å². The van der Waals surface area contributed by atoms with Crippen LogP contribution in [0.3, 0.4) is 0 Å². The molecule has 1 amide bonds. The van der Waals surface area contributed by atoms with Crippen molar-refractivity contribution >= 4 is 23.2 Å². The molecule has 2 aliphatic rings. The largest absolute Gasteiger partial charge is 0.424 e. The van der Waals surface area contributed by atoms with Crippen LogP contribution in [0.25, 0.3) is 11.1 Å². The Morgan fingerprint density at radius 2 is 1.85 bits per heavy atom. The Bertz CT molecular complexity index is 863. The standard InChI is InChI=1S/C21H17ClF3NO/c22-19-8-5-15(21(23,24)25)11-17(19)13-3-6-16(7-4-13)26-20(27)18-10-12-1-2-14(18)9-12/h3-4,6-7,11-12,14,18H,1-2,9-10H2,(H,26,27). The van der Waals surface area contributed by atoms with Crippen LogP contribution in [0, 0.1) is 29.9 Å². The first kappa shape index (κ1) is 18.2. The van der Waals surface area contributed by atoms with E-state index in [-0.39, 0.29) is 22.4 Å². The Hall–Kier alpha value is -2.19. The van der Waals surface area contributed by atoms with E-state index in [9.17, 15) is 18.0 Å². The van der Waals surface area contributed by atoms with Crippen molar-refractivity contribution in [3.8, 4) is 11.1 Å². The maximum atomic E-state index is 12.9. The Morgan fingerprint density at radius 3 is 2.44 bits per heavy atom. The molecular weight excluding hydrogens is 375 g/mol. The van der Waals surface area contributed by atoms with E-state index in [1.165, 1.54) is 6.42 Å². The SMILES string of the molecule is O=C(Nc1ccc(-c2cc(C(F)(F)F)c#cc2Cl)cc1)C1CC2CCC1C2. The highest BCUT2D eigenvalue weighted by atomic mass is 35.5. The first-order valence-corrected chi connectivity index (χ1v) is 9.31. The van der Waals surface area contributed by atoms with Gasteiger partial charge in [-0.15, -0.1) is 0 Å². The molecule has 2 bridgehead atoms. The number of benzene rings is 1. The average molecular weight is 392 g/mol. The minimum atomic E-state index is -4.51. The zero-order valence-corrected chi connectivity index (χ0v) is 15.1. The summed E-state index contributed by atoms with van der Waals surface area (Å²) in [6.45, 7) is 0. The lowest BCUT2D eigenvalue weighted by Crippen LogP contribution is -2.27. The molecule has 2 saturated carbocycles. The van der Waals surface area contributed by atoms with Crippen LogP contribution in [-0.2, 0) is 11.0 Å². The van der Waals surface area contributed by atoms with Crippen molar-refractivity contribution < 1.29 is 18.0 Å². The summed E-state index contributed by atoms with van der Waals surface area (Å²) in [5.41, 5.74) is 0.461. The van der Waals surface area contributed by atoms with Gasteiger partial charge in [0.2, 0.25) is 5.91 Å². The fourth-order valence-corrected chi connectivity index (χ4v) is 4.54. The molecule has 3 unspecified atom stereocenters. The van der Waals surface area contributed by atoms with Crippen molar-refractivity contribution in [3.63, 3.8) is 0 Å². The number of fused-ring (bicyclic) bond motifs is 2. The van der Waals surface area contributed by atoms with Gasteiger partial charge < -0.3 is 5.32 Å². The zero-order chi connectivity index (χ0) is 19.2. The number of nitrogens with one attached hydrogen (secondary N) is 1. The van der Waals surface area contributed by atoms with Crippen LogP contribution in [0.1, 0.15) is 31.2 Å². The van der Waals surface area contributed by atoms with E-state index >= 15 is 0 Å². The van der Waals surface area contributed by atoms with Crippen LogP contribution in [0.5, 0.6) is 0 Å². The van der Waals surface area contributed by atoms with Crippen molar-refractivity contribution in [1.29, 1.82) is 0 Å². The van der Waals surface area contributed by atoms with E-state index in [1.54, 1.807) is 24.3 Å². The van der Waals surface area contributed by atoms with Gasteiger partial charge in [-0.1, -0.05) is 36.2 Å². The van der Waals surface area contributed by atoms with Crippen molar-refractivity contribution in [2.45, 2.75) is 31.9 Å². The Kier molecular flexibility index (Phi) is 4.55. The molecular formula is C21H17ClF3NO. The smallest absolute Gasteiger partial charge is 0.326 e. The molecule has 0 saturated heterocycles. The Morgan fingerprint density at radius 1 is 1.11 bits per heavy atom. The van der Waals surface area contributed by atoms with Gasteiger partial charge >= 0.3 is 6.18 Å². The third kappa shape index (κ3) is 3.64. The van der Waals surface area contributed by atoms with Gasteiger partial charge in [0.25, 0.3) is 0 Å². The second kappa shape index (κ2) is 6.76. The lowest BCUT2D eigenvalue weighted by molar-refractivity contribution is -0.137. The number of hydrogen-bond acceptors (Lipinski definition) is 1. The summed E-state index contributed by atoms with van der Waals surface area (Å²) in [6, 6.07) is 12.0. The van der Waals surface area contributed by atoms with Crippen LogP contribution in [0.4, 0.5) is 18.9 Å². The maximum absolute atomic E-state index is 12.9. The van der Waals surface area contributed by atoms with Crippen LogP contribution in [0.15, 0.2) is 30.3 Å². The number of halogens is 4. The maximum Gasteiger partial charge on any atom is 0.424 e. The van der Waals surface area contributed by atoms with Gasteiger partial charge in [-0.2, -0.15) is 13.2 Å². The van der Waals surface area contributed by atoms with Gasteiger partial charge in [-0.3, -0.25) is 4.79 Å². The number of rotatable bonds is 3. The predicted octanol–water partition coefficient (Wildman–Crippen LogP) is 6.00. The molecule has 0 aromatic heterocycles. The van der Waals surface area contributed by atoms with Crippen molar-refractivity contribution in [2.24, 2.45) is 17.8 Å². The molecule has 2 nitrogen and oxygen atoms in total. The fourth-order valence-electron chi connectivity index (χ4n) is 4.33. The van der Waals surface area contributed by atoms with Gasteiger partial charge in [0.15, 0.2) is 0 Å². The molecule has 1 N–H and O–H groups in total. The fraction of sp³-hybridized carbons (Fsp3) is 0.381. The lowest BCUT2D eigenvalue weighted by atomic mass is 9.88. The third-order valence-electron chi connectivity index (χ3n) is 5.68. The number of amides is 1. The molecule has 2 fully saturated rings. The number of alkyl halides is 3. The molecule has 0 radical (unpaired) electrons. The van der Waals surface area contributed by atoms with Crippen LogP contribution >= 0.6 is 11.6 Å². The highest BCUT2D eigenvalue weighted by Crippen LogP contribution is 2.48. The Balaban J connectivity index is 1.50. The van der Waals surface area contributed by atoms with Crippen LogP contribution < -0.4 is 5.32 Å². The van der Waals surface area contributed by atoms with Gasteiger partial charge in [0.05, 0.1) is 5.02 Å². The molecule has 2 aliphatic carbocycles. The minimum absolute atomic E-state index is 0.0370. The topological polar surface area (TPSA) is 29.1 Å². The molecule has 3 atom stereocenters. The predicted molar refractivity (Wildman–Crippen MR) is 97.1 cm³/mol. The van der Waals surface area contributed by atoms with Crippen LogP contribution in [0.2, 0.25) is 5.02 Å². The first-order valence-electron chi connectivity index (χ1n) is 8.93. The molecule has 0 heterocycles. The molecule has 27 heavy (non-hydrogen) atoms. The monoisotopic (exact) mass is 391 g/mol. The average Bonchev–Trinajstić information content (AvgIpc) is 3.25. The molecule has 2 aromatic carbocycles. The summed E-state index contributed by atoms with van der Waals surface area (Å²) in [6.07, 6.45) is -0.0393. The molecule has 2 aromatic rings. The number of hydrogen-bond donors (Lipinski definition) is 1. The second-order valence-electron chi connectivity index (χ2n) is 7.38. The van der Waals surface area contributed by atoms with E-state index in [1.807, 2.05) is 6.07 Å². The van der Waals surface area contributed by atoms with E-state index in [0.717, 1.165) is 25.3 Å². The van der Waals surface area contributed by atoms with Crippen molar-refractivity contribution in [1.82, 2.24) is 0 Å². The first-order chi connectivity index (χ1) is 12.8. The molecule has 0 aliphatic heterocycles. The molecule has 140 valence electrons.